The number of esters is 1. The number of rotatable bonds is 2. The van der Waals surface area contributed by atoms with E-state index in [2.05, 4.69) is 0 Å². The van der Waals surface area contributed by atoms with Gasteiger partial charge in [-0.15, -0.1) is 0 Å². The smallest absolute Gasteiger partial charge is 0.334 e. The monoisotopic (exact) mass is 202 g/mol. The lowest BCUT2D eigenvalue weighted by atomic mass is 10.00. The minimum atomic E-state index is -0.209. The predicted octanol–water partition coefficient (Wildman–Crippen LogP) is 2.65. The molecule has 15 heavy (non-hydrogen) atoms. The molecule has 0 bridgehead atoms. The molecular formula is C13H14O2. The van der Waals surface area contributed by atoms with Crippen LogP contribution in [0, 0.1) is 5.41 Å². The van der Waals surface area contributed by atoms with Crippen LogP contribution >= 0.6 is 0 Å². The minimum Gasteiger partial charge on any atom is -0.466 e. The number of hydrogen-bond donors (Lipinski definition) is 0. The molecule has 0 aromatic heterocycles. The summed E-state index contributed by atoms with van der Waals surface area (Å²) in [5.41, 5.74) is 2.89. The quantitative estimate of drug-likeness (QED) is 0.689. The number of benzene rings is 1. The van der Waals surface area contributed by atoms with E-state index in [0.29, 0.717) is 0 Å². The van der Waals surface area contributed by atoms with E-state index in [-0.39, 0.29) is 11.4 Å². The summed E-state index contributed by atoms with van der Waals surface area (Å²) in [5.74, 6) is -0.209. The molecule has 1 aromatic rings. The Labute approximate surface area is 89.6 Å². The van der Waals surface area contributed by atoms with Crippen molar-refractivity contribution in [2.45, 2.75) is 13.8 Å². The molecule has 0 aliphatic heterocycles. The highest BCUT2D eigenvalue weighted by molar-refractivity contribution is 6.12. The first-order valence-electron chi connectivity index (χ1n) is 4.98. The summed E-state index contributed by atoms with van der Waals surface area (Å²) < 4.78 is 4.76. The maximum absolute atomic E-state index is 11.5. The largest absolute Gasteiger partial charge is 0.466 e. The molecule has 1 aromatic carbocycles. The third-order valence-electron chi connectivity index (χ3n) is 2.89. The lowest BCUT2D eigenvalue weighted by Crippen LogP contribution is -2.04. The van der Waals surface area contributed by atoms with Gasteiger partial charge in [-0.2, -0.15) is 0 Å². The highest BCUT2D eigenvalue weighted by Crippen LogP contribution is 2.58. The molecule has 0 unspecified atom stereocenters. The SMILES string of the molecule is COC(=O)C1=C(c2ccccc2)C1(C)C. The minimum absolute atomic E-state index is 0.131. The van der Waals surface area contributed by atoms with Gasteiger partial charge in [-0.25, -0.2) is 4.79 Å². The fraction of sp³-hybridized carbons (Fsp3) is 0.308. The molecule has 1 aliphatic rings. The number of allylic oxidation sites excluding steroid dienone is 1. The van der Waals surface area contributed by atoms with Gasteiger partial charge in [0.1, 0.15) is 0 Å². The number of ether oxygens (including phenoxy) is 1. The third-order valence-corrected chi connectivity index (χ3v) is 2.89. The van der Waals surface area contributed by atoms with Crippen LogP contribution in [0.15, 0.2) is 35.9 Å². The molecule has 2 heteroatoms. The van der Waals surface area contributed by atoms with Crippen LogP contribution in [0.3, 0.4) is 0 Å². The zero-order chi connectivity index (χ0) is 11.1. The van der Waals surface area contributed by atoms with Crippen LogP contribution in [-0.4, -0.2) is 13.1 Å². The first kappa shape index (κ1) is 9.97. The van der Waals surface area contributed by atoms with Gasteiger partial charge < -0.3 is 4.74 Å². The van der Waals surface area contributed by atoms with Crippen LogP contribution in [-0.2, 0) is 9.53 Å². The standard InChI is InChI=1S/C13H14O2/c1-13(2)10(11(13)12(14)15-3)9-7-5-4-6-8-9/h4-8H,1-3H3. The molecule has 0 heterocycles. The molecule has 0 N–H and O–H groups in total. The van der Waals surface area contributed by atoms with Gasteiger partial charge in [0, 0.05) is 5.41 Å². The Hall–Kier alpha value is -1.57. The topological polar surface area (TPSA) is 26.3 Å². The van der Waals surface area contributed by atoms with E-state index in [1.807, 2.05) is 44.2 Å². The van der Waals surface area contributed by atoms with E-state index in [9.17, 15) is 4.79 Å². The predicted molar refractivity (Wildman–Crippen MR) is 59.2 cm³/mol. The summed E-state index contributed by atoms with van der Waals surface area (Å²) in [6, 6.07) is 9.97. The second-order valence-electron chi connectivity index (χ2n) is 4.23. The van der Waals surface area contributed by atoms with Crippen LogP contribution in [0.4, 0.5) is 0 Å². The van der Waals surface area contributed by atoms with Crippen molar-refractivity contribution in [2.24, 2.45) is 5.41 Å². The van der Waals surface area contributed by atoms with Gasteiger partial charge in [0.15, 0.2) is 0 Å². The maximum atomic E-state index is 11.5. The van der Waals surface area contributed by atoms with Gasteiger partial charge >= 0.3 is 5.97 Å². The average Bonchev–Trinajstić information content (AvgIpc) is 2.82. The molecule has 1 aliphatic carbocycles. The van der Waals surface area contributed by atoms with Crippen LogP contribution in [0.2, 0.25) is 0 Å². The maximum Gasteiger partial charge on any atom is 0.334 e. The first-order valence-corrected chi connectivity index (χ1v) is 4.98. The van der Waals surface area contributed by atoms with E-state index in [1.54, 1.807) is 0 Å². The molecule has 0 radical (unpaired) electrons. The molecule has 0 amide bonds. The fourth-order valence-electron chi connectivity index (χ4n) is 2.04. The van der Waals surface area contributed by atoms with Crippen molar-refractivity contribution in [2.75, 3.05) is 7.11 Å². The van der Waals surface area contributed by atoms with E-state index in [4.69, 9.17) is 4.74 Å². The second-order valence-corrected chi connectivity index (χ2v) is 4.23. The molecular weight excluding hydrogens is 188 g/mol. The van der Waals surface area contributed by atoms with E-state index in [1.165, 1.54) is 7.11 Å². The van der Waals surface area contributed by atoms with Gasteiger partial charge in [0.05, 0.1) is 12.7 Å². The van der Waals surface area contributed by atoms with E-state index >= 15 is 0 Å². The van der Waals surface area contributed by atoms with Crippen LogP contribution in [0.5, 0.6) is 0 Å². The summed E-state index contributed by atoms with van der Waals surface area (Å²) in [6.45, 7) is 4.09. The van der Waals surface area contributed by atoms with Crippen molar-refractivity contribution in [3.05, 3.63) is 41.5 Å². The van der Waals surface area contributed by atoms with Crippen molar-refractivity contribution in [3.63, 3.8) is 0 Å². The zero-order valence-corrected chi connectivity index (χ0v) is 9.20. The van der Waals surface area contributed by atoms with Gasteiger partial charge in [0.25, 0.3) is 0 Å². The van der Waals surface area contributed by atoms with Gasteiger partial charge in [-0.05, 0) is 11.1 Å². The Kier molecular flexibility index (Phi) is 2.14. The third kappa shape index (κ3) is 1.46. The van der Waals surface area contributed by atoms with Crippen molar-refractivity contribution in [3.8, 4) is 0 Å². The van der Waals surface area contributed by atoms with Crippen molar-refractivity contribution in [1.29, 1.82) is 0 Å². The lowest BCUT2D eigenvalue weighted by molar-refractivity contribution is -0.136. The molecule has 2 rings (SSSR count). The highest BCUT2D eigenvalue weighted by Gasteiger charge is 2.50. The molecule has 0 atom stereocenters. The molecule has 0 saturated heterocycles. The Morgan fingerprint density at radius 2 is 1.80 bits per heavy atom. The van der Waals surface area contributed by atoms with E-state index in [0.717, 1.165) is 16.7 Å². The van der Waals surface area contributed by atoms with Crippen LogP contribution in [0.1, 0.15) is 19.4 Å². The van der Waals surface area contributed by atoms with Crippen molar-refractivity contribution >= 4 is 11.5 Å². The van der Waals surface area contributed by atoms with Gasteiger partial charge in [-0.3, -0.25) is 0 Å². The molecule has 0 saturated carbocycles. The van der Waals surface area contributed by atoms with Crippen LogP contribution in [0.25, 0.3) is 5.57 Å². The number of carbonyl (C=O) groups excluding carboxylic acids is 1. The van der Waals surface area contributed by atoms with Gasteiger partial charge in [0.2, 0.25) is 0 Å². The Morgan fingerprint density at radius 1 is 1.20 bits per heavy atom. The summed E-state index contributed by atoms with van der Waals surface area (Å²) in [6.07, 6.45) is 0. The van der Waals surface area contributed by atoms with Crippen molar-refractivity contribution < 1.29 is 9.53 Å². The molecule has 2 nitrogen and oxygen atoms in total. The Balaban J connectivity index is 2.39. The normalized spacial score (nSPS) is 17.5. The van der Waals surface area contributed by atoms with Crippen molar-refractivity contribution in [1.82, 2.24) is 0 Å². The molecule has 0 fully saturated rings. The molecule has 78 valence electrons. The Morgan fingerprint density at radius 3 is 2.33 bits per heavy atom. The second kappa shape index (κ2) is 3.23. The van der Waals surface area contributed by atoms with Gasteiger partial charge in [-0.1, -0.05) is 44.2 Å². The first-order chi connectivity index (χ1) is 7.09. The number of hydrogen-bond acceptors (Lipinski definition) is 2. The van der Waals surface area contributed by atoms with E-state index < -0.39 is 0 Å². The fourth-order valence-corrected chi connectivity index (χ4v) is 2.04. The summed E-state index contributed by atoms with van der Waals surface area (Å²) in [5, 5.41) is 0. The Bertz CT molecular complexity index is 427. The average molecular weight is 202 g/mol. The number of carbonyl (C=O) groups is 1. The summed E-state index contributed by atoms with van der Waals surface area (Å²) in [7, 11) is 1.42. The lowest BCUT2D eigenvalue weighted by Gasteiger charge is -2.04. The molecule has 0 spiro atoms. The zero-order valence-electron chi connectivity index (χ0n) is 9.20. The summed E-state index contributed by atoms with van der Waals surface area (Å²) in [4.78, 5) is 11.5. The van der Waals surface area contributed by atoms with Crippen LogP contribution < -0.4 is 0 Å². The number of methoxy groups -OCH3 is 1. The summed E-state index contributed by atoms with van der Waals surface area (Å²) >= 11 is 0. The highest BCUT2D eigenvalue weighted by atomic mass is 16.5.